The van der Waals surface area contributed by atoms with Crippen LogP contribution in [0.15, 0.2) is 35.2 Å². The van der Waals surface area contributed by atoms with Gasteiger partial charge in [-0.25, -0.2) is 0 Å². The molecule has 1 N–H and O–H groups in total. The number of hydrogen-bond donors (Lipinski definition) is 1. The minimum atomic E-state index is -0.0238. The van der Waals surface area contributed by atoms with Gasteiger partial charge in [-0.2, -0.15) is 0 Å². The standard InChI is InChI=1S/C15H24N2OS.ClH/c1-12(2)14(15(18)17(4)11-10-16-3)19-13-8-6-5-7-9-13;/h5-9,12,14,16H,10-11H2,1-4H3;1H. The molecule has 20 heavy (non-hydrogen) atoms. The average molecular weight is 317 g/mol. The van der Waals surface area contributed by atoms with Crippen molar-refractivity contribution in [3.63, 3.8) is 0 Å². The van der Waals surface area contributed by atoms with E-state index in [1.807, 2.05) is 37.2 Å². The molecule has 0 aliphatic rings. The zero-order valence-corrected chi connectivity index (χ0v) is 14.3. The van der Waals surface area contributed by atoms with E-state index < -0.39 is 0 Å². The van der Waals surface area contributed by atoms with Gasteiger partial charge in [0.15, 0.2) is 0 Å². The predicted octanol–water partition coefficient (Wildman–Crippen LogP) is 2.90. The molecule has 1 unspecified atom stereocenters. The fourth-order valence-corrected chi connectivity index (χ4v) is 2.88. The molecule has 1 atom stereocenters. The molecular weight excluding hydrogens is 292 g/mol. The molecular formula is C15H25ClN2OS. The summed E-state index contributed by atoms with van der Waals surface area (Å²) in [6, 6.07) is 10.1. The van der Waals surface area contributed by atoms with Crippen molar-refractivity contribution in [3.05, 3.63) is 30.3 Å². The second-order valence-electron chi connectivity index (χ2n) is 4.96. The molecule has 0 saturated heterocycles. The molecule has 0 fully saturated rings. The molecule has 0 radical (unpaired) electrons. The molecule has 0 aromatic heterocycles. The van der Waals surface area contributed by atoms with Gasteiger partial charge in [0.1, 0.15) is 0 Å². The monoisotopic (exact) mass is 316 g/mol. The molecule has 1 aromatic carbocycles. The van der Waals surface area contributed by atoms with Crippen LogP contribution < -0.4 is 5.32 Å². The molecule has 0 aliphatic heterocycles. The largest absolute Gasteiger partial charge is 0.344 e. The summed E-state index contributed by atoms with van der Waals surface area (Å²) in [5, 5.41) is 3.05. The SMILES string of the molecule is CNCCN(C)C(=O)C(Sc1ccccc1)C(C)C.Cl. The first-order valence-electron chi connectivity index (χ1n) is 6.67. The van der Waals surface area contributed by atoms with E-state index in [9.17, 15) is 4.79 Å². The summed E-state index contributed by atoms with van der Waals surface area (Å²) < 4.78 is 0. The molecule has 3 nitrogen and oxygen atoms in total. The van der Waals surface area contributed by atoms with Gasteiger partial charge in [-0.05, 0) is 25.1 Å². The lowest BCUT2D eigenvalue weighted by Crippen LogP contribution is -2.40. The minimum absolute atomic E-state index is 0. The lowest BCUT2D eigenvalue weighted by atomic mass is 10.1. The van der Waals surface area contributed by atoms with Crippen molar-refractivity contribution in [2.75, 3.05) is 27.2 Å². The Morgan fingerprint density at radius 3 is 2.40 bits per heavy atom. The molecule has 1 amide bonds. The Hall–Kier alpha value is -0.710. The van der Waals surface area contributed by atoms with Crippen molar-refractivity contribution in [2.45, 2.75) is 24.0 Å². The van der Waals surface area contributed by atoms with Gasteiger partial charge in [-0.15, -0.1) is 24.2 Å². The summed E-state index contributed by atoms with van der Waals surface area (Å²) in [6.07, 6.45) is 0. The molecule has 0 aliphatic carbocycles. The van der Waals surface area contributed by atoms with E-state index in [1.54, 1.807) is 11.8 Å². The van der Waals surface area contributed by atoms with Gasteiger partial charge in [-0.3, -0.25) is 4.79 Å². The summed E-state index contributed by atoms with van der Waals surface area (Å²) in [5.74, 6) is 0.522. The second-order valence-corrected chi connectivity index (χ2v) is 6.17. The van der Waals surface area contributed by atoms with Crippen molar-refractivity contribution in [1.29, 1.82) is 0 Å². The highest BCUT2D eigenvalue weighted by Gasteiger charge is 2.26. The summed E-state index contributed by atoms with van der Waals surface area (Å²) in [7, 11) is 3.78. The molecule has 114 valence electrons. The first-order chi connectivity index (χ1) is 9.06. The van der Waals surface area contributed by atoms with Crippen molar-refractivity contribution >= 4 is 30.1 Å². The molecule has 0 bridgehead atoms. The Morgan fingerprint density at radius 1 is 1.30 bits per heavy atom. The highest BCUT2D eigenvalue weighted by molar-refractivity contribution is 8.00. The van der Waals surface area contributed by atoms with Gasteiger partial charge >= 0.3 is 0 Å². The van der Waals surface area contributed by atoms with E-state index in [4.69, 9.17) is 0 Å². The minimum Gasteiger partial charge on any atom is -0.344 e. The summed E-state index contributed by atoms with van der Waals surface area (Å²) >= 11 is 1.66. The number of hydrogen-bond acceptors (Lipinski definition) is 3. The Morgan fingerprint density at radius 2 is 1.90 bits per heavy atom. The van der Waals surface area contributed by atoms with Gasteiger partial charge in [-0.1, -0.05) is 32.0 Å². The highest BCUT2D eigenvalue weighted by Crippen LogP contribution is 2.29. The lowest BCUT2D eigenvalue weighted by molar-refractivity contribution is -0.129. The average Bonchev–Trinajstić information content (AvgIpc) is 2.42. The summed E-state index contributed by atoms with van der Waals surface area (Å²) in [5.41, 5.74) is 0. The van der Waals surface area contributed by atoms with Gasteiger partial charge in [0.25, 0.3) is 0 Å². The molecule has 1 aromatic rings. The fraction of sp³-hybridized carbons (Fsp3) is 0.533. The number of nitrogens with one attached hydrogen (secondary N) is 1. The van der Waals surface area contributed by atoms with E-state index in [0.29, 0.717) is 5.92 Å². The first-order valence-corrected chi connectivity index (χ1v) is 7.55. The molecule has 0 saturated carbocycles. The van der Waals surface area contributed by atoms with Crippen LogP contribution >= 0.6 is 24.2 Å². The Bertz CT molecular complexity index is 387. The van der Waals surface area contributed by atoms with Gasteiger partial charge in [0.2, 0.25) is 5.91 Å². The third-order valence-corrected chi connectivity index (χ3v) is 4.47. The van der Waals surface area contributed by atoms with Gasteiger partial charge in [0.05, 0.1) is 5.25 Å². The van der Waals surface area contributed by atoms with Crippen LogP contribution in [0.5, 0.6) is 0 Å². The topological polar surface area (TPSA) is 32.3 Å². The van der Waals surface area contributed by atoms with Crippen molar-refractivity contribution in [2.24, 2.45) is 5.92 Å². The van der Waals surface area contributed by atoms with Crippen molar-refractivity contribution in [1.82, 2.24) is 10.2 Å². The number of carbonyl (C=O) groups excluding carboxylic acids is 1. The van der Waals surface area contributed by atoms with Crippen LogP contribution in [0.1, 0.15) is 13.8 Å². The number of nitrogens with zero attached hydrogens (tertiary/aromatic N) is 1. The van der Waals surface area contributed by atoms with E-state index in [-0.39, 0.29) is 23.6 Å². The number of amides is 1. The number of likely N-dealkylation sites (N-methyl/N-ethyl adjacent to an activating group) is 2. The quantitative estimate of drug-likeness (QED) is 0.785. The summed E-state index contributed by atoms with van der Waals surface area (Å²) in [4.78, 5) is 15.4. The Labute approximate surface area is 132 Å². The van der Waals surface area contributed by atoms with Crippen LogP contribution in [0.2, 0.25) is 0 Å². The van der Waals surface area contributed by atoms with Crippen LogP contribution in [0.4, 0.5) is 0 Å². The third-order valence-electron chi connectivity index (χ3n) is 2.93. The van der Waals surface area contributed by atoms with Crippen molar-refractivity contribution < 1.29 is 4.79 Å². The highest BCUT2D eigenvalue weighted by atomic mass is 35.5. The molecule has 0 heterocycles. The zero-order chi connectivity index (χ0) is 14.3. The van der Waals surface area contributed by atoms with Crippen LogP contribution in [-0.2, 0) is 4.79 Å². The fourth-order valence-electron chi connectivity index (χ4n) is 1.72. The molecule has 1 rings (SSSR count). The lowest BCUT2D eigenvalue weighted by Gasteiger charge is -2.26. The third kappa shape index (κ3) is 6.16. The van der Waals surface area contributed by atoms with Crippen LogP contribution in [-0.4, -0.2) is 43.2 Å². The first kappa shape index (κ1) is 19.3. The number of benzene rings is 1. The maximum atomic E-state index is 12.5. The van der Waals surface area contributed by atoms with Crippen LogP contribution in [0.25, 0.3) is 0 Å². The van der Waals surface area contributed by atoms with Crippen LogP contribution in [0, 0.1) is 5.92 Å². The Balaban J connectivity index is 0.00000361. The normalized spacial score (nSPS) is 11.8. The smallest absolute Gasteiger partial charge is 0.236 e. The van der Waals surface area contributed by atoms with Gasteiger partial charge in [0, 0.05) is 25.0 Å². The maximum absolute atomic E-state index is 12.5. The zero-order valence-electron chi connectivity index (χ0n) is 12.6. The van der Waals surface area contributed by atoms with Crippen LogP contribution in [0.3, 0.4) is 0 Å². The second kappa shape index (κ2) is 10.1. The van der Waals surface area contributed by atoms with E-state index >= 15 is 0 Å². The maximum Gasteiger partial charge on any atom is 0.236 e. The van der Waals surface area contributed by atoms with E-state index in [1.165, 1.54) is 0 Å². The summed E-state index contributed by atoms with van der Waals surface area (Å²) in [6.45, 7) is 5.77. The molecule has 0 spiro atoms. The Kier molecular flexibility index (Phi) is 9.72. The van der Waals surface area contributed by atoms with E-state index in [2.05, 4.69) is 31.3 Å². The predicted molar refractivity (Wildman–Crippen MR) is 89.7 cm³/mol. The number of rotatable bonds is 7. The molecule has 5 heteroatoms. The van der Waals surface area contributed by atoms with Gasteiger partial charge < -0.3 is 10.2 Å². The number of thioether (sulfide) groups is 1. The van der Waals surface area contributed by atoms with Crippen molar-refractivity contribution in [3.8, 4) is 0 Å². The van der Waals surface area contributed by atoms with E-state index in [0.717, 1.165) is 18.0 Å². The number of carbonyl (C=O) groups is 1. The number of halogens is 1.